The van der Waals surface area contributed by atoms with Gasteiger partial charge in [0.05, 0.1) is 18.3 Å². The van der Waals surface area contributed by atoms with Crippen LogP contribution in [0.4, 0.5) is 17.6 Å². The van der Waals surface area contributed by atoms with Crippen molar-refractivity contribution in [3.63, 3.8) is 0 Å². The second kappa shape index (κ2) is 9.98. The minimum absolute atomic E-state index is 0.212. The number of carbonyl (C=O) groups is 1. The first-order valence-corrected chi connectivity index (χ1v) is 14.4. The maximum atomic E-state index is 12.8. The van der Waals surface area contributed by atoms with Gasteiger partial charge in [0, 0.05) is 48.9 Å². The standard InChI is InChI=1S/C29H36N8O2/c1-18(38)24-14-20-15-30-29(34-27(20)28(32-24)37-21-5-6-22(37)8-7-21)33-25-9-4-19-16-36(13-10-23(19)31-25)26(39)17-35-11-2-3-12-35/h4,9,14-15,18,21-22,38H,2-3,5-8,10-13,16-17H2,1H3,(H,30,31,33,34)/t18-,21?,22?/m1/s1. The van der Waals surface area contributed by atoms with Crippen LogP contribution in [0.2, 0.25) is 0 Å². The Labute approximate surface area is 228 Å². The van der Waals surface area contributed by atoms with Gasteiger partial charge in [0.2, 0.25) is 11.9 Å². The first kappa shape index (κ1) is 24.7. The third-order valence-electron chi connectivity index (χ3n) is 8.89. The third kappa shape index (κ3) is 4.69. The van der Waals surface area contributed by atoms with Crippen molar-refractivity contribution in [1.82, 2.24) is 29.7 Å². The molecular weight excluding hydrogens is 492 g/mol. The fraction of sp³-hybridized carbons (Fsp3) is 0.552. The maximum absolute atomic E-state index is 12.8. The van der Waals surface area contributed by atoms with Crippen LogP contribution in [-0.4, -0.2) is 79.0 Å². The van der Waals surface area contributed by atoms with Crippen molar-refractivity contribution < 1.29 is 9.90 Å². The van der Waals surface area contributed by atoms with E-state index in [-0.39, 0.29) is 5.91 Å². The van der Waals surface area contributed by atoms with Crippen LogP contribution in [0.15, 0.2) is 24.4 Å². The van der Waals surface area contributed by atoms with E-state index < -0.39 is 6.10 Å². The zero-order valence-electron chi connectivity index (χ0n) is 22.5. The Balaban J connectivity index is 1.12. The molecule has 4 aliphatic rings. The van der Waals surface area contributed by atoms with Crippen molar-refractivity contribution in [2.45, 2.75) is 76.6 Å². The Morgan fingerprint density at radius 2 is 1.85 bits per heavy atom. The van der Waals surface area contributed by atoms with Crippen LogP contribution in [-0.2, 0) is 17.8 Å². The molecule has 10 nitrogen and oxygen atoms in total. The highest BCUT2D eigenvalue weighted by Gasteiger charge is 2.41. The molecule has 204 valence electrons. The van der Waals surface area contributed by atoms with Gasteiger partial charge in [0.15, 0.2) is 5.82 Å². The molecule has 3 fully saturated rings. The molecule has 3 aromatic rings. The van der Waals surface area contributed by atoms with E-state index in [1.165, 1.54) is 38.5 Å². The molecule has 2 bridgehead atoms. The van der Waals surface area contributed by atoms with Crippen molar-refractivity contribution in [3.05, 3.63) is 41.3 Å². The van der Waals surface area contributed by atoms with Crippen LogP contribution in [0.25, 0.3) is 10.9 Å². The molecule has 2 N–H and O–H groups in total. The van der Waals surface area contributed by atoms with Gasteiger partial charge in [-0.05, 0) is 76.2 Å². The molecule has 0 unspecified atom stereocenters. The van der Waals surface area contributed by atoms with E-state index >= 15 is 0 Å². The van der Waals surface area contributed by atoms with Gasteiger partial charge < -0.3 is 20.2 Å². The van der Waals surface area contributed by atoms with E-state index in [1.807, 2.05) is 23.2 Å². The summed E-state index contributed by atoms with van der Waals surface area (Å²) in [4.78, 5) is 38.7. The number of rotatable bonds is 6. The number of hydrogen-bond acceptors (Lipinski definition) is 9. The van der Waals surface area contributed by atoms with Crippen LogP contribution in [0.3, 0.4) is 0 Å². The molecule has 3 aromatic heterocycles. The molecule has 7 rings (SSSR count). The molecule has 4 aliphatic heterocycles. The number of fused-ring (bicyclic) bond motifs is 4. The summed E-state index contributed by atoms with van der Waals surface area (Å²) in [6, 6.07) is 6.87. The summed E-state index contributed by atoms with van der Waals surface area (Å²) in [6.45, 7) is 5.64. The summed E-state index contributed by atoms with van der Waals surface area (Å²) in [5.41, 5.74) is 3.57. The van der Waals surface area contributed by atoms with Gasteiger partial charge in [-0.2, -0.15) is 0 Å². The summed E-state index contributed by atoms with van der Waals surface area (Å²) in [6.07, 6.45) is 9.01. The maximum Gasteiger partial charge on any atom is 0.237 e. The minimum atomic E-state index is -0.655. The monoisotopic (exact) mass is 528 g/mol. The highest BCUT2D eigenvalue weighted by molar-refractivity contribution is 5.90. The second-order valence-corrected chi connectivity index (χ2v) is 11.5. The van der Waals surface area contributed by atoms with Gasteiger partial charge in [-0.25, -0.2) is 19.9 Å². The quantitative estimate of drug-likeness (QED) is 0.498. The van der Waals surface area contributed by atoms with Gasteiger partial charge in [0.1, 0.15) is 11.3 Å². The zero-order valence-corrected chi connectivity index (χ0v) is 22.5. The second-order valence-electron chi connectivity index (χ2n) is 11.5. The number of aliphatic hydroxyl groups is 1. The van der Waals surface area contributed by atoms with Gasteiger partial charge in [-0.3, -0.25) is 9.69 Å². The van der Waals surface area contributed by atoms with Crippen molar-refractivity contribution in [3.8, 4) is 0 Å². The summed E-state index contributed by atoms with van der Waals surface area (Å²) in [5, 5.41) is 14.5. The Kier molecular flexibility index (Phi) is 6.31. The number of aromatic nitrogens is 4. The lowest BCUT2D eigenvalue weighted by Crippen LogP contribution is -2.42. The fourth-order valence-electron chi connectivity index (χ4n) is 6.80. The van der Waals surface area contributed by atoms with Crippen LogP contribution in [0.1, 0.15) is 68.5 Å². The molecule has 0 aromatic carbocycles. The van der Waals surface area contributed by atoms with Crippen molar-refractivity contribution in [1.29, 1.82) is 0 Å². The largest absolute Gasteiger partial charge is 0.387 e. The Hall–Kier alpha value is -3.37. The normalized spacial score (nSPS) is 23.4. The fourth-order valence-corrected chi connectivity index (χ4v) is 6.80. The lowest BCUT2D eigenvalue weighted by Gasteiger charge is -2.30. The Morgan fingerprint density at radius 1 is 1.08 bits per heavy atom. The highest BCUT2D eigenvalue weighted by atomic mass is 16.3. The van der Waals surface area contributed by atoms with E-state index in [0.717, 1.165) is 47.5 Å². The van der Waals surface area contributed by atoms with E-state index in [9.17, 15) is 9.90 Å². The third-order valence-corrected chi connectivity index (χ3v) is 8.89. The molecule has 3 saturated heterocycles. The van der Waals surface area contributed by atoms with Crippen LogP contribution in [0.5, 0.6) is 0 Å². The number of aliphatic hydroxyl groups excluding tert-OH is 1. The van der Waals surface area contributed by atoms with Crippen LogP contribution >= 0.6 is 0 Å². The number of pyridine rings is 2. The number of likely N-dealkylation sites (tertiary alicyclic amines) is 1. The number of nitrogens with zero attached hydrogens (tertiary/aromatic N) is 7. The van der Waals surface area contributed by atoms with E-state index in [2.05, 4.69) is 26.2 Å². The van der Waals surface area contributed by atoms with E-state index in [4.69, 9.17) is 15.0 Å². The van der Waals surface area contributed by atoms with E-state index in [0.29, 0.717) is 49.2 Å². The highest BCUT2D eigenvalue weighted by Crippen LogP contribution is 2.42. The van der Waals surface area contributed by atoms with Gasteiger partial charge >= 0.3 is 0 Å². The molecule has 7 heterocycles. The minimum Gasteiger partial charge on any atom is -0.387 e. The topological polar surface area (TPSA) is 111 Å². The molecule has 39 heavy (non-hydrogen) atoms. The number of amides is 1. The molecule has 1 amide bonds. The summed E-state index contributed by atoms with van der Waals surface area (Å²) >= 11 is 0. The Bertz CT molecular complexity index is 1390. The van der Waals surface area contributed by atoms with Crippen molar-refractivity contribution in [2.75, 3.05) is 36.4 Å². The Morgan fingerprint density at radius 3 is 2.59 bits per heavy atom. The molecule has 0 spiro atoms. The first-order chi connectivity index (χ1) is 19.0. The van der Waals surface area contributed by atoms with Gasteiger partial charge in [-0.1, -0.05) is 6.07 Å². The molecule has 0 aliphatic carbocycles. The van der Waals surface area contributed by atoms with Crippen molar-refractivity contribution in [2.24, 2.45) is 0 Å². The van der Waals surface area contributed by atoms with E-state index in [1.54, 1.807) is 6.92 Å². The molecule has 0 saturated carbocycles. The van der Waals surface area contributed by atoms with Gasteiger partial charge in [0.25, 0.3) is 0 Å². The summed E-state index contributed by atoms with van der Waals surface area (Å²) in [5.74, 6) is 2.24. The zero-order chi connectivity index (χ0) is 26.5. The van der Waals surface area contributed by atoms with Crippen molar-refractivity contribution >= 4 is 34.4 Å². The lowest BCUT2D eigenvalue weighted by molar-refractivity contribution is -0.133. The predicted octanol–water partition coefficient (Wildman–Crippen LogP) is 3.33. The lowest BCUT2D eigenvalue weighted by atomic mass is 10.0. The number of carbonyl (C=O) groups excluding carboxylic acids is 1. The predicted molar refractivity (Wildman–Crippen MR) is 149 cm³/mol. The summed E-state index contributed by atoms with van der Waals surface area (Å²) < 4.78 is 0. The van der Waals surface area contributed by atoms with Crippen LogP contribution < -0.4 is 10.2 Å². The number of anilines is 3. The molecule has 10 heteroatoms. The SMILES string of the molecule is C[C@@H](O)c1cc2cnc(Nc3ccc4c(n3)CCN(C(=O)CN3CCCC3)C4)nc2c(N2C3CCC2CC3)n1. The average Bonchev–Trinajstić information content (AvgIpc) is 3.70. The molecular formula is C29H36N8O2. The average molecular weight is 529 g/mol. The molecule has 0 radical (unpaired) electrons. The number of nitrogens with one attached hydrogen (secondary N) is 1. The smallest absolute Gasteiger partial charge is 0.237 e. The molecule has 1 atom stereocenters. The van der Waals surface area contributed by atoms with Gasteiger partial charge in [-0.15, -0.1) is 0 Å². The summed E-state index contributed by atoms with van der Waals surface area (Å²) in [7, 11) is 0. The van der Waals surface area contributed by atoms with Crippen LogP contribution in [0, 0.1) is 0 Å². The number of hydrogen-bond donors (Lipinski definition) is 2. The first-order valence-electron chi connectivity index (χ1n) is 14.4.